The number of amides is 2. The van der Waals surface area contributed by atoms with E-state index in [0.717, 1.165) is 12.8 Å². The maximum atomic E-state index is 11.8. The van der Waals surface area contributed by atoms with Crippen LogP contribution in [0.2, 0.25) is 5.02 Å². The standard InChI is InChI=1S/C14H17ClN2O3/c1-9-10(15)3-2-4-11(9)17-13(20)12(19)16-7-14(8-18)5-6-14/h2-4,18H,5-8H2,1H3,(H,16,19)(H,17,20). The van der Waals surface area contributed by atoms with E-state index in [1.807, 2.05) is 0 Å². The van der Waals surface area contributed by atoms with Crippen molar-refractivity contribution >= 4 is 29.1 Å². The first-order valence-corrected chi connectivity index (χ1v) is 6.80. The van der Waals surface area contributed by atoms with E-state index in [9.17, 15) is 9.59 Å². The van der Waals surface area contributed by atoms with Gasteiger partial charge in [-0.3, -0.25) is 9.59 Å². The van der Waals surface area contributed by atoms with Gasteiger partial charge in [0.1, 0.15) is 0 Å². The topological polar surface area (TPSA) is 78.4 Å². The van der Waals surface area contributed by atoms with Crippen molar-refractivity contribution in [3.63, 3.8) is 0 Å². The van der Waals surface area contributed by atoms with Gasteiger partial charge in [0, 0.05) is 22.7 Å². The molecule has 1 saturated carbocycles. The van der Waals surface area contributed by atoms with E-state index >= 15 is 0 Å². The van der Waals surface area contributed by atoms with Crippen molar-refractivity contribution in [2.75, 3.05) is 18.5 Å². The van der Waals surface area contributed by atoms with Crippen molar-refractivity contribution in [1.29, 1.82) is 0 Å². The summed E-state index contributed by atoms with van der Waals surface area (Å²) in [6.45, 7) is 2.12. The number of anilines is 1. The molecule has 108 valence electrons. The summed E-state index contributed by atoms with van der Waals surface area (Å²) in [5.74, 6) is -1.44. The number of rotatable bonds is 4. The lowest BCUT2D eigenvalue weighted by Gasteiger charge is -2.13. The van der Waals surface area contributed by atoms with Gasteiger partial charge in [0.15, 0.2) is 0 Å². The molecule has 0 saturated heterocycles. The first-order chi connectivity index (χ1) is 9.47. The zero-order valence-electron chi connectivity index (χ0n) is 11.2. The average molecular weight is 297 g/mol. The highest BCUT2D eigenvalue weighted by molar-refractivity contribution is 6.40. The molecule has 1 aliphatic carbocycles. The van der Waals surface area contributed by atoms with E-state index < -0.39 is 11.8 Å². The van der Waals surface area contributed by atoms with Crippen molar-refractivity contribution in [2.45, 2.75) is 19.8 Å². The second kappa shape index (κ2) is 5.81. The number of halogens is 1. The number of carbonyl (C=O) groups is 2. The number of nitrogens with one attached hydrogen (secondary N) is 2. The fourth-order valence-electron chi connectivity index (χ4n) is 1.84. The van der Waals surface area contributed by atoms with Gasteiger partial charge in [0.2, 0.25) is 0 Å². The maximum absolute atomic E-state index is 11.8. The number of aliphatic hydroxyl groups excluding tert-OH is 1. The summed E-state index contributed by atoms with van der Waals surface area (Å²) >= 11 is 5.95. The van der Waals surface area contributed by atoms with Crippen LogP contribution in [0.4, 0.5) is 5.69 Å². The third-order valence-electron chi connectivity index (χ3n) is 3.64. The fraction of sp³-hybridized carbons (Fsp3) is 0.429. The Morgan fingerprint density at radius 3 is 2.65 bits per heavy atom. The number of hydrogen-bond acceptors (Lipinski definition) is 3. The Kier molecular flexibility index (Phi) is 4.30. The molecular formula is C14H17ClN2O3. The summed E-state index contributed by atoms with van der Waals surface area (Å²) in [5, 5.41) is 14.7. The van der Waals surface area contributed by atoms with E-state index in [0.29, 0.717) is 22.8 Å². The number of benzene rings is 1. The highest BCUT2D eigenvalue weighted by Gasteiger charge is 2.42. The van der Waals surface area contributed by atoms with E-state index in [1.165, 1.54) is 0 Å². The number of carbonyl (C=O) groups excluding carboxylic acids is 2. The Labute approximate surface area is 122 Å². The second-order valence-electron chi connectivity index (χ2n) is 5.21. The highest BCUT2D eigenvalue weighted by atomic mass is 35.5. The molecule has 1 aromatic carbocycles. The van der Waals surface area contributed by atoms with Gasteiger partial charge < -0.3 is 15.7 Å². The molecule has 0 bridgehead atoms. The van der Waals surface area contributed by atoms with Crippen LogP contribution in [0.3, 0.4) is 0 Å². The van der Waals surface area contributed by atoms with Crippen molar-refractivity contribution < 1.29 is 14.7 Å². The molecule has 0 atom stereocenters. The summed E-state index contributed by atoms with van der Waals surface area (Å²) < 4.78 is 0. The summed E-state index contributed by atoms with van der Waals surface area (Å²) in [4.78, 5) is 23.5. The molecule has 6 heteroatoms. The van der Waals surface area contributed by atoms with Crippen LogP contribution in [0.25, 0.3) is 0 Å². The van der Waals surface area contributed by atoms with E-state index in [2.05, 4.69) is 10.6 Å². The molecule has 1 aliphatic rings. The molecule has 20 heavy (non-hydrogen) atoms. The smallest absolute Gasteiger partial charge is 0.313 e. The van der Waals surface area contributed by atoms with Crippen LogP contribution >= 0.6 is 11.6 Å². The third kappa shape index (κ3) is 3.29. The number of hydrogen-bond donors (Lipinski definition) is 3. The predicted molar refractivity (Wildman–Crippen MR) is 76.6 cm³/mol. The van der Waals surface area contributed by atoms with Crippen LogP contribution in [0.5, 0.6) is 0 Å². The third-order valence-corrected chi connectivity index (χ3v) is 4.05. The lowest BCUT2D eigenvalue weighted by Crippen LogP contribution is -2.39. The largest absolute Gasteiger partial charge is 0.396 e. The van der Waals surface area contributed by atoms with Crippen LogP contribution in [0, 0.1) is 12.3 Å². The van der Waals surface area contributed by atoms with Gasteiger partial charge in [0.05, 0.1) is 6.61 Å². The second-order valence-corrected chi connectivity index (χ2v) is 5.61. The summed E-state index contributed by atoms with van der Waals surface area (Å²) in [6, 6.07) is 5.10. The number of aliphatic hydroxyl groups is 1. The lowest BCUT2D eigenvalue weighted by atomic mass is 10.1. The summed E-state index contributed by atoms with van der Waals surface area (Å²) in [6.07, 6.45) is 1.75. The van der Waals surface area contributed by atoms with Gasteiger partial charge in [-0.15, -0.1) is 0 Å². The molecule has 0 aliphatic heterocycles. The van der Waals surface area contributed by atoms with Gasteiger partial charge in [-0.25, -0.2) is 0 Å². The highest BCUT2D eigenvalue weighted by Crippen LogP contribution is 2.44. The fourth-order valence-corrected chi connectivity index (χ4v) is 2.01. The molecule has 0 spiro atoms. The minimum atomic E-state index is -0.732. The van der Waals surface area contributed by atoms with Crippen molar-refractivity contribution in [1.82, 2.24) is 5.32 Å². The van der Waals surface area contributed by atoms with Crippen molar-refractivity contribution in [3.05, 3.63) is 28.8 Å². The Morgan fingerprint density at radius 2 is 2.05 bits per heavy atom. The molecule has 5 nitrogen and oxygen atoms in total. The quantitative estimate of drug-likeness (QED) is 0.736. The van der Waals surface area contributed by atoms with Crippen LogP contribution in [-0.2, 0) is 9.59 Å². The molecule has 1 fully saturated rings. The SMILES string of the molecule is Cc1c(Cl)cccc1NC(=O)C(=O)NCC1(CO)CC1. The van der Waals surface area contributed by atoms with Crippen molar-refractivity contribution in [3.8, 4) is 0 Å². The van der Waals surface area contributed by atoms with Gasteiger partial charge in [-0.1, -0.05) is 17.7 Å². The summed E-state index contributed by atoms with van der Waals surface area (Å²) in [7, 11) is 0. The van der Waals surface area contributed by atoms with E-state index in [1.54, 1.807) is 25.1 Å². The molecule has 1 aromatic rings. The average Bonchev–Trinajstić information content (AvgIpc) is 3.22. The van der Waals surface area contributed by atoms with Gasteiger partial charge in [0.25, 0.3) is 0 Å². The molecule has 0 unspecified atom stereocenters. The molecular weight excluding hydrogens is 280 g/mol. The predicted octanol–water partition coefficient (Wildman–Crippen LogP) is 1.48. The van der Waals surface area contributed by atoms with Crippen molar-refractivity contribution in [2.24, 2.45) is 5.41 Å². The van der Waals surface area contributed by atoms with Crippen LogP contribution in [0.1, 0.15) is 18.4 Å². The zero-order chi connectivity index (χ0) is 14.8. The first kappa shape index (κ1) is 14.8. The van der Waals surface area contributed by atoms with Gasteiger partial charge in [-0.05, 0) is 37.5 Å². The van der Waals surface area contributed by atoms with Gasteiger partial charge >= 0.3 is 11.8 Å². The van der Waals surface area contributed by atoms with Crippen LogP contribution in [0.15, 0.2) is 18.2 Å². The Bertz CT molecular complexity index is 541. The van der Waals surface area contributed by atoms with Crippen LogP contribution in [-0.4, -0.2) is 30.1 Å². The normalized spacial score (nSPS) is 15.6. The summed E-state index contributed by atoms with van der Waals surface area (Å²) in [5.41, 5.74) is 1.01. The zero-order valence-corrected chi connectivity index (χ0v) is 12.0. The Morgan fingerprint density at radius 1 is 1.35 bits per heavy atom. The molecule has 0 radical (unpaired) electrons. The minimum Gasteiger partial charge on any atom is -0.396 e. The lowest BCUT2D eigenvalue weighted by molar-refractivity contribution is -0.136. The van der Waals surface area contributed by atoms with Gasteiger partial charge in [-0.2, -0.15) is 0 Å². The first-order valence-electron chi connectivity index (χ1n) is 6.43. The molecule has 3 N–H and O–H groups in total. The van der Waals surface area contributed by atoms with E-state index in [4.69, 9.17) is 16.7 Å². The van der Waals surface area contributed by atoms with Crippen LogP contribution < -0.4 is 10.6 Å². The monoisotopic (exact) mass is 296 g/mol. The Hall–Kier alpha value is -1.59. The molecule has 0 heterocycles. The Balaban J connectivity index is 1.91. The van der Waals surface area contributed by atoms with E-state index in [-0.39, 0.29) is 12.0 Å². The minimum absolute atomic E-state index is 0.0301. The molecule has 0 aromatic heterocycles. The molecule has 2 rings (SSSR count). The molecule has 2 amide bonds. The maximum Gasteiger partial charge on any atom is 0.313 e.